The maximum absolute atomic E-state index is 13.0. The standard InChI is InChI=1S/C26H32N4OS/c1-17(2)21-11-8-12-22(18(3)4)24(21)27-23(31)16-32-26-29-28-25(20-13-14-20)30(26)15-19-9-6-5-7-10-19/h5-12,17-18,20H,13-16H2,1-4H3,(H,27,31). The molecular formula is C26H32N4OS. The zero-order valence-corrected chi connectivity index (χ0v) is 20.2. The number of hydrogen-bond donors (Lipinski definition) is 1. The van der Waals surface area contributed by atoms with Crippen molar-refractivity contribution in [3.05, 3.63) is 71.0 Å². The molecule has 2 aromatic carbocycles. The average Bonchev–Trinajstić information content (AvgIpc) is 3.54. The molecule has 1 aliphatic carbocycles. The van der Waals surface area contributed by atoms with E-state index in [1.165, 1.54) is 41.3 Å². The highest BCUT2D eigenvalue weighted by molar-refractivity contribution is 7.99. The minimum Gasteiger partial charge on any atom is -0.325 e. The van der Waals surface area contributed by atoms with E-state index in [-0.39, 0.29) is 5.91 Å². The highest BCUT2D eigenvalue weighted by Gasteiger charge is 2.30. The minimum atomic E-state index is -0.00719. The van der Waals surface area contributed by atoms with Gasteiger partial charge in [0.1, 0.15) is 5.82 Å². The molecule has 1 fully saturated rings. The molecular weight excluding hydrogens is 416 g/mol. The molecule has 1 saturated carbocycles. The van der Waals surface area contributed by atoms with Crippen LogP contribution in [0.3, 0.4) is 0 Å². The molecule has 4 rings (SSSR count). The number of carbonyl (C=O) groups excluding carboxylic acids is 1. The first-order chi connectivity index (χ1) is 15.4. The number of rotatable bonds is 9. The molecule has 1 N–H and O–H groups in total. The predicted octanol–water partition coefficient (Wildman–Crippen LogP) is 6.18. The van der Waals surface area contributed by atoms with Crippen LogP contribution in [0.1, 0.15) is 80.8 Å². The lowest BCUT2D eigenvalue weighted by Gasteiger charge is -2.20. The van der Waals surface area contributed by atoms with E-state index in [2.05, 4.69) is 90.2 Å². The molecule has 1 aromatic heterocycles. The lowest BCUT2D eigenvalue weighted by atomic mass is 9.92. The van der Waals surface area contributed by atoms with Crippen molar-refractivity contribution in [3.63, 3.8) is 0 Å². The van der Waals surface area contributed by atoms with Gasteiger partial charge in [-0.05, 0) is 41.4 Å². The highest BCUT2D eigenvalue weighted by Crippen LogP contribution is 2.40. The number of carbonyl (C=O) groups is 1. The fourth-order valence-electron chi connectivity index (χ4n) is 3.97. The van der Waals surface area contributed by atoms with Gasteiger partial charge in [0.2, 0.25) is 5.91 Å². The van der Waals surface area contributed by atoms with Crippen LogP contribution >= 0.6 is 11.8 Å². The molecule has 1 heterocycles. The summed E-state index contributed by atoms with van der Waals surface area (Å²) >= 11 is 1.47. The Hall–Kier alpha value is -2.60. The van der Waals surface area contributed by atoms with E-state index in [0.29, 0.717) is 23.5 Å². The van der Waals surface area contributed by atoms with Crippen LogP contribution in [0.25, 0.3) is 0 Å². The van der Waals surface area contributed by atoms with Crippen molar-refractivity contribution in [1.82, 2.24) is 14.8 Å². The Bertz CT molecular complexity index is 1040. The van der Waals surface area contributed by atoms with Crippen LogP contribution < -0.4 is 5.32 Å². The SMILES string of the molecule is CC(C)c1cccc(C(C)C)c1NC(=O)CSc1nnc(C2CC2)n1Cc1ccccc1. The summed E-state index contributed by atoms with van der Waals surface area (Å²) in [5, 5.41) is 12.9. The van der Waals surface area contributed by atoms with Gasteiger partial charge in [-0.25, -0.2) is 0 Å². The normalized spacial score (nSPS) is 13.7. The number of nitrogens with one attached hydrogen (secondary N) is 1. The van der Waals surface area contributed by atoms with E-state index < -0.39 is 0 Å². The van der Waals surface area contributed by atoms with E-state index in [0.717, 1.165) is 23.2 Å². The fraction of sp³-hybridized carbons (Fsp3) is 0.423. The van der Waals surface area contributed by atoms with Crippen LogP contribution in [0.5, 0.6) is 0 Å². The molecule has 168 valence electrons. The second-order valence-corrected chi connectivity index (χ2v) is 10.1. The van der Waals surface area contributed by atoms with Crippen LogP contribution in [0.15, 0.2) is 53.7 Å². The molecule has 0 saturated heterocycles. The summed E-state index contributed by atoms with van der Waals surface area (Å²) in [7, 11) is 0. The number of para-hydroxylation sites is 1. The highest BCUT2D eigenvalue weighted by atomic mass is 32.2. The Labute approximate surface area is 195 Å². The molecule has 0 bridgehead atoms. The van der Waals surface area contributed by atoms with Crippen molar-refractivity contribution in [2.45, 2.75) is 70.0 Å². The molecule has 0 atom stereocenters. The Kier molecular flexibility index (Phi) is 6.99. The van der Waals surface area contributed by atoms with Gasteiger partial charge in [-0.1, -0.05) is 88.0 Å². The van der Waals surface area contributed by atoms with Gasteiger partial charge in [0.05, 0.1) is 12.3 Å². The monoisotopic (exact) mass is 448 g/mol. The summed E-state index contributed by atoms with van der Waals surface area (Å²) in [5.74, 6) is 2.53. The van der Waals surface area contributed by atoms with Crippen molar-refractivity contribution in [2.75, 3.05) is 11.1 Å². The molecule has 0 unspecified atom stereocenters. The Balaban J connectivity index is 1.50. The average molecular weight is 449 g/mol. The van der Waals surface area contributed by atoms with Crippen LogP contribution in [0.2, 0.25) is 0 Å². The second-order valence-electron chi connectivity index (χ2n) is 9.14. The first-order valence-corrected chi connectivity index (χ1v) is 12.4. The number of nitrogens with zero attached hydrogens (tertiary/aromatic N) is 3. The lowest BCUT2D eigenvalue weighted by Crippen LogP contribution is -2.18. The second kappa shape index (κ2) is 9.90. The summed E-state index contributed by atoms with van der Waals surface area (Å²) in [6.07, 6.45) is 2.34. The minimum absolute atomic E-state index is 0.00719. The maximum atomic E-state index is 13.0. The van der Waals surface area contributed by atoms with Crippen molar-refractivity contribution >= 4 is 23.4 Å². The zero-order chi connectivity index (χ0) is 22.7. The topological polar surface area (TPSA) is 59.8 Å². The van der Waals surface area contributed by atoms with E-state index in [1.807, 2.05) is 6.07 Å². The third-order valence-electron chi connectivity index (χ3n) is 5.84. The number of anilines is 1. The zero-order valence-electron chi connectivity index (χ0n) is 19.3. The van der Waals surface area contributed by atoms with Gasteiger partial charge in [-0.3, -0.25) is 4.79 Å². The quantitative estimate of drug-likeness (QED) is 0.397. The van der Waals surface area contributed by atoms with Gasteiger partial charge in [-0.15, -0.1) is 10.2 Å². The Morgan fingerprint density at radius 3 is 2.25 bits per heavy atom. The smallest absolute Gasteiger partial charge is 0.234 e. The third-order valence-corrected chi connectivity index (χ3v) is 6.81. The van der Waals surface area contributed by atoms with E-state index in [4.69, 9.17) is 0 Å². The van der Waals surface area contributed by atoms with Gasteiger partial charge in [0.25, 0.3) is 0 Å². The Morgan fingerprint density at radius 2 is 1.66 bits per heavy atom. The molecule has 1 aliphatic rings. The van der Waals surface area contributed by atoms with Crippen molar-refractivity contribution in [3.8, 4) is 0 Å². The largest absolute Gasteiger partial charge is 0.325 e. The van der Waals surface area contributed by atoms with Crippen molar-refractivity contribution in [2.24, 2.45) is 0 Å². The summed E-state index contributed by atoms with van der Waals surface area (Å²) in [4.78, 5) is 13.0. The molecule has 32 heavy (non-hydrogen) atoms. The number of aromatic nitrogens is 3. The molecule has 3 aromatic rings. The summed E-state index contributed by atoms with van der Waals surface area (Å²) < 4.78 is 2.19. The Morgan fingerprint density at radius 1 is 1.00 bits per heavy atom. The summed E-state index contributed by atoms with van der Waals surface area (Å²) in [5.41, 5.74) is 4.54. The van der Waals surface area contributed by atoms with Gasteiger partial charge in [0.15, 0.2) is 5.16 Å². The number of thioether (sulfide) groups is 1. The van der Waals surface area contributed by atoms with Gasteiger partial charge in [0, 0.05) is 11.6 Å². The molecule has 0 spiro atoms. The molecule has 0 radical (unpaired) electrons. The molecule has 5 nitrogen and oxygen atoms in total. The van der Waals surface area contributed by atoms with E-state index in [9.17, 15) is 4.79 Å². The first-order valence-electron chi connectivity index (χ1n) is 11.5. The van der Waals surface area contributed by atoms with Gasteiger partial charge >= 0.3 is 0 Å². The van der Waals surface area contributed by atoms with Crippen LogP contribution in [0, 0.1) is 0 Å². The van der Waals surface area contributed by atoms with Crippen molar-refractivity contribution in [1.29, 1.82) is 0 Å². The molecule has 0 aliphatic heterocycles. The number of benzene rings is 2. The third kappa shape index (κ3) is 5.23. The lowest BCUT2D eigenvalue weighted by molar-refractivity contribution is -0.113. The van der Waals surface area contributed by atoms with E-state index in [1.54, 1.807) is 0 Å². The molecule has 1 amide bonds. The van der Waals surface area contributed by atoms with Gasteiger partial charge < -0.3 is 9.88 Å². The van der Waals surface area contributed by atoms with Crippen LogP contribution in [0.4, 0.5) is 5.69 Å². The maximum Gasteiger partial charge on any atom is 0.234 e. The summed E-state index contributed by atoms with van der Waals surface area (Å²) in [6, 6.07) is 16.7. The number of hydrogen-bond acceptors (Lipinski definition) is 4. The summed E-state index contributed by atoms with van der Waals surface area (Å²) in [6.45, 7) is 9.38. The van der Waals surface area contributed by atoms with E-state index >= 15 is 0 Å². The first kappa shape index (κ1) is 22.6. The predicted molar refractivity (Wildman–Crippen MR) is 132 cm³/mol. The number of amides is 1. The van der Waals surface area contributed by atoms with Crippen LogP contribution in [-0.2, 0) is 11.3 Å². The van der Waals surface area contributed by atoms with Crippen LogP contribution in [-0.4, -0.2) is 26.4 Å². The van der Waals surface area contributed by atoms with Gasteiger partial charge in [-0.2, -0.15) is 0 Å². The van der Waals surface area contributed by atoms with Crippen molar-refractivity contribution < 1.29 is 4.79 Å². The molecule has 6 heteroatoms. The fourth-order valence-corrected chi connectivity index (χ4v) is 4.71.